The van der Waals surface area contributed by atoms with Gasteiger partial charge in [-0.3, -0.25) is 4.79 Å². The number of amides is 1. The van der Waals surface area contributed by atoms with E-state index < -0.39 is 11.7 Å². The Morgan fingerprint density at radius 1 is 1.32 bits per heavy atom. The van der Waals surface area contributed by atoms with Crippen molar-refractivity contribution in [3.05, 3.63) is 58.4 Å². The minimum Gasteiger partial charge on any atom is -0.397 e. The van der Waals surface area contributed by atoms with Crippen LogP contribution in [0.3, 0.4) is 0 Å². The van der Waals surface area contributed by atoms with Gasteiger partial charge < -0.3 is 11.1 Å². The highest BCUT2D eigenvalue weighted by molar-refractivity contribution is 6.34. The number of carbonyl (C=O) groups excluding carboxylic acids is 1. The van der Waals surface area contributed by atoms with Crippen LogP contribution in [0.15, 0.2) is 36.4 Å². The molecular formula is C14H12ClFN2O. The van der Waals surface area contributed by atoms with Crippen LogP contribution in [0.5, 0.6) is 0 Å². The largest absolute Gasteiger partial charge is 0.397 e. The van der Waals surface area contributed by atoms with Gasteiger partial charge in [-0.2, -0.15) is 0 Å². The molecule has 19 heavy (non-hydrogen) atoms. The van der Waals surface area contributed by atoms with Crippen LogP contribution in [0.2, 0.25) is 5.02 Å². The number of benzene rings is 2. The fourth-order valence-electron chi connectivity index (χ4n) is 1.65. The first-order chi connectivity index (χ1) is 8.99. The molecular weight excluding hydrogens is 267 g/mol. The number of aryl methyl sites for hydroxylation is 1. The predicted octanol–water partition coefficient (Wildman–Crippen LogP) is 3.62. The minimum atomic E-state index is -0.497. The standard InChI is InChI=1S/C14H12ClFN2O/c1-8-5-6-12(11(16)7-8)18-14(19)9-3-2-4-10(15)13(9)17/h2-7H,17H2,1H3,(H,18,19). The minimum absolute atomic E-state index is 0.106. The highest BCUT2D eigenvalue weighted by atomic mass is 35.5. The van der Waals surface area contributed by atoms with Gasteiger partial charge >= 0.3 is 0 Å². The van der Waals surface area contributed by atoms with Crippen LogP contribution in [0.25, 0.3) is 0 Å². The average molecular weight is 279 g/mol. The molecule has 0 fully saturated rings. The van der Waals surface area contributed by atoms with Crippen molar-refractivity contribution < 1.29 is 9.18 Å². The van der Waals surface area contributed by atoms with Gasteiger partial charge in [-0.05, 0) is 36.8 Å². The van der Waals surface area contributed by atoms with Crippen LogP contribution in [-0.2, 0) is 0 Å². The van der Waals surface area contributed by atoms with Gasteiger partial charge in [-0.1, -0.05) is 23.7 Å². The zero-order valence-corrected chi connectivity index (χ0v) is 11.0. The lowest BCUT2D eigenvalue weighted by Gasteiger charge is -2.09. The normalized spacial score (nSPS) is 10.3. The van der Waals surface area contributed by atoms with E-state index in [9.17, 15) is 9.18 Å². The molecule has 3 nitrogen and oxygen atoms in total. The van der Waals surface area contributed by atoms with Gasteiger partial charge in [0.2, 0.25) is 0 Å². The summed E-state index contributed by atoms with van der Waals surface area (Å²) in [6, 6.07) is 9.28. The van der Waals surface area contributed by atoms with Gasteiger partial charge in [0.25, 0.3) is 5.91 Å². The van der Waals surface area contributed by atoms with Crippen LogP contribution >= 0.6 is 11.6 Å². The zero-order chi connectivity index (χ0) is 14.0. The van der Waals surface area contributed by atoms with Crippen LogP contribution in [0, 0.1) is 12.7 Å². The molecule has 0 saturated heterocycles. The number of halogens is 2. The van der Waals surface area contributed by atoms with E-state index in [-0.39, 0.29) is 22.0 Å². The first-order valence-electron chi connectivity index (χ1n) is 5.60. The number of nitrogens with two attached hydrogens (primary N) is 1. The zero-order valence-electron chi connectivity index (χ0n) is 10.2. The molecule has 0 unspecified atom stereocenters. The molecule has 0 aliphatic rings. The fourth-order valence-corrected chi connectivity index (χ4v) is 1.82. The molecule has 0 bridgehead atoms. The summed E-state index contributed by atoms with van der Waals surface area (Å²) in [5.74, 6) is -0.989. The van der Waals surface area contributed by atoms with Crippen molar-refractivity contribution in [3.8, 4) is 0 Å². The molecule has 2 aromatic rings. The van der Waals surface area contributed by atoms with Crippen molar-refractivity contribution in [1.82, 2.24) is 0 Å². The van der Waals surface area contributed by atoms with Gasteiger partial charge in [0, 0.05) is 0 Å². The molecule has 0 aliphatic carbocycles. The quantitative estimate of drug-likeness (QED) is 0.824. The number of carbonyl (C=O) groups is 1. The summed E-state index contributed by atoms with van der Waals surface area (Å²) in [6.07, 6.45) is 0. The summed E-state index contributed by atoms with van der Waals surface area (Å²) in [5, 5.41) is 2.76. The molecule has 0 atom stereocenters. The fraction of sp³-hybridized carbons (Fsp3) is 0.0714. The maximum Gasteiger partial charge on any atom is 0.257 e. The third-order valence-corrected chi connectivity index (χ3v) is 3.00. The van der Waals surface area contributed by atoms with E-state index in [1.165, 1.54) is 18.2 Å². The van der Waals surface area contributed by atoms with E-state index >= 15 is 0 Å². The van der Waals surface area contributed by atoms with Crippen molar-refractivity contribution in [2.24, 2.45) is 0 Å². The molecule has 3 N–H and O–H groups in total. The van der Waals surface area contributed by atoms with Crippen LogP contribution in [-0.4, -0.2) is 5.91 Å². The molecule has 0 heterocycles. The molecule has 5 heteroatoms. The van der Waals surface area contributed by atoms with Crippen molar-refractivity contribution in [2.45, 2.75) is 6.92 Å². The lowest BCUT2D eigenvalue weighted by molar-refractivity contribution is 0.102. The highest BCUT2D eigenvalue weighted by Crippen LogP contribution is 2.24. The molecule has 2 rings (SSSR count). The molecule has 0 aliphatic heterocycles. The van der Waals surface area contributed by atoms with Gasteiger partial charge in [0.05, 0.1) is 22.0 Å². The topological polar surface area (TPSA) is 55.1 Å². The number of nitrogens with one attached hydrogen (secondary N) is 1. The monoisotopic (exact) mass is 278 g/mol. The number of hydrogen-bond acceptors (Lipinski definition) is 2. The van der Waals surface area contributed by atoms with Crippen molar-refractivity contribution in [1.29, 1.82) is 0 Å². The Morgan fingerprint density at radius 2 is 2.05 bits per heavy atom. The molecule has 0 aromatic heterocycles. The number of rotatable bonds is 2. The Kier molecular flexibility index (Phi) is 3.71. The van der Waals surface area contributed by atoms with Gasteiger partial charge in [0.15, 0.2) is 0 Å². The summed E-state index contributed by atoms with van der Waals surface area (Å²) < 4.78 is 13.6. The highest BCUT2D eigenvalue weighted by Gasteiger charge is 2.13. The van der Waals surface area contributed by atoms with Crippen molar-refractivity contribution in [2.75, 3.05) is 11.1 Å². The molecule has 0 radical (unpaired) electrons. The van der Waals surface area contributed by atoms with Crippen molar-refractivity contribution >= 4 is 28.9 Å². The van der Waals surface area contributed by atoms with Crippen LogP contribution in [0.4, 0.5) is 15.8 Å². The first-order valence-corrected chi connectivity index (χ1v) is 5.98. The number of para-hydroxylation sites is 1. The molecule has 98 valence electrons. The SMILES string of the molecule is Cc1ccc(NC(=O)c2cccc(Cl)c2N)c(F)c1. The van der Waals surface area contributed by atoms with E-state index in [0.29, 0.717) is 0 Å². The van der Waals surface area contributed by atoms with E-state index in [4.69, 9.17) is 17.3 Å². The van der Waals surface area contributed by atoms with Crippen molar-refractivity contribution in [3.63, 3.8) is 0 Å². The predicted molar refractivity (Wildman–Crippen MR) is 75.0 cm³/mol. The summed E-state index contributed by atoms with van der Waals surface area (Å²) in [6.45, 7) is 1.77. The second-order valence-corrected chi connectivity index (χ2v) is 4.55. The van der Waals surface area contributed by atoms with E-state index in [2.05, 4.69) is 5.32 Å². The van der Waals surface area contributed by atoms with Crippen LogP contribution in [0.1, 0.15) is 15.9 Å². The summed E-state index contributed by atoms with van der Waals surface area (Å²) in [5.41, 5.74) is 6.99. The van der Waals surface area contributed by atoms with Gasteiger partial charge in [0.1, 0.15) is 5.82 Å². The second kappa shape index (κ2) is 5.28. The van der Waals surface area contributed by atoms with Gasteiger partial charge in [-0.25, -0.2) is 4.39 Å². The third kappa shape index (κ3) is 2.85. The Bertz CT molecular complexity index is 643. The Morgan fingerprint density at radius 3 is 2.74 bits per heavy atom. The van der Waals surface area contributed by atoms with Crippen LogP contribution < -0.4 is 11.1 Å². The number of hydrogen-bond donors (Lipinski definition) is 2. The van der Waals surface area contributed by atoms with E-state index in [1.54, 1.807) is 25.1 Å². The summed E-state index contributed by atoms with van der Waals surface area (Å²) in [4.78, 5) is 12.0. The molecule has 0 saturated carbocycles. The molecule has 1 amide bonds. The first kappa shape index (κ1) is 13.4. The summed E-state index contributed by atoms with van der Waals surface area (Å²) in [7, 11) is 0. The summed E-state index contributed by atoms with van der Waals surface area (Å²) >= 11 is 5.83. The maximum atomic E-state index is 13.6. The van der Waals surface area contributed by atoms with Gasteiger partial charge in [-0.15, -0.1) is 0 Å². The Hall–Kier alpha value is -2.07. The second-order valence-electron chi connectivity index (χ2n) is 4.14. The Balaban J connectivity index is 2.28. The third-order valence-electron chi connectivity index (χ3n) is 2.67. The number of anilines is 2. The van der Waals surface area contributed by atoms with E-state index in [1.807, 2.05) is 0 Å². The Labute approximate surface area is 115 Å². The molecule has 0 spiro atoms. The number of nitrogen functional groups attached to an aromatic ring is 1. The lowest BCUT2D eigenvalue weighted by atomic mass is 10.1. The average Bonchev–Trinajstić information content (AvgIpc) is 2.36. The smallest absolute Gasteiger partial charge is 0.257 e. The maximum absolute atomic E-state index is 13.6. The lowest BCUT2D eigenvalue weighted by Crippen LogP contribution is -2.15. The molecule has 2 aromatic carbocycles. The van der Waals surface area contributed by atoms with E-state index in [0.717, 1.165) is 5.56 Å².